The van der Waals surface area contributed by atoms with E-state index in [4.69, 9.17) is 11.6 Å². The van der Waals surface area contributed by atoms with Gasteiger partial charge >= 0.3 is 0 Å². The number of carbonyl (C=O) groups is 1. The highest BCUT2D eigenvalue weighted by molar-refractivity contribution is 6.30. The lowest BCUT2D eigenvalue weighted by Gasteiger charge is -2.21. The number of hydrogen-bond donors (Lipinski definition) is 1. The highest BCUT2D eigenvalue weighted by Crippen LogP contribution is 2.27. The molecule has 0 unspecified atom stereocenters. The summed E-state index contributed by atoms with van der Waals surface area (Å²) in [5.74, 6) is 0.0312. The molecule has 3 heteroatoms. The molecule has 2 nitrogen and oxygen atoms in total. The molecule has 1 amide bonds. The molecule has 2 aromatic carbocycles. The Morgan fingerprint density at radius 1 is 1.14 bits per heavy atom. The Bertz CT molecular complexity index is 634. The lowest BCUT2D eigenvalue weighted by molar-refractivity contribution is -0.118. The Labute approximate surface area is 137 Å². The second-order valence-corrected chi connectivity index (χ2v) is 6.25. The van der Waals surface area contributed by atoms with E-state index in [0.29, 0.717) is 5.02 Å². The van der Waals surface area contributed by atoms with Crippen molar-refractivity contribution >= 4 is 23.2 Å². The van der Waals surface area contributed by atoms with E-state index in [1.165, 1.54) is 5.56 Å². The molecule has 22 heavy (non-hydrogen) atoms. The molecule has 0 radical (unpaired) electrons. The van der Waals surface area contributed by atoms with Crippen molar-refractivity contribution in [2.75, 3.05) is 5.32 Å². The van der Waals surface area contributed by atoms with Gasteiger partial charge in [0.15, 0.2) is 0 Å². The Kier molecular flexibility index (Phi) is 5.62. The molecule has 0 heterocycles. The third-order valence-corrected chi connectivity index (χ3v) is 4.03. The first-order valence-electron chi connectivity index (χ1n) is 7.66. The summed E-state index contributed by atoms with van der Waals surface area (Å²) in [5, 5.41) is 3.72. The zero-order valence-corrected chi connectivity index (χ0v) is 14.0. The minimum absolute atomic E-state index is 0.0191. The molecule has 0 aliphatic rings. The molecule has 0 aliphatic heterocycles. The molecule has 0 spiro atoms. The number of halogens is 1. The van der Waals surface area contributed by atoms with Crippen LogP contribution in [0.3, 0.4) is 0 Å². The minimum atomic E-state index is -0.192. The average Bonchev–Trinajstić information content (AvgIpc) is 2.49. The number of hydrogen-bond acceptors (Lipinski definition) is 1. The number of anilines is 1. The average molecular weight is 316 g/mol. The fourth-order valence-corrected chi connectivity index (χ4v) is 2.72. The van der Waals surface area contributed by atoms with E-state index >= 15 is 0 Å². The third-order valence-electron chi connectivity index (χ3n) is 3.78. The van der Waals surface area contributed by atoms with Crippen molar-refractivity contribution < 1.29 is 4.79 Å². The second kappa shape index (κ2) is 7.46. The summed E-state index contributed by atoms with van der Waals surface area (Å²) in [5.41, 5.74) is 3.05. The van der Waals surface area contributed by atoms with Crippen LogP contribution in [0, 0.1) is 5.92 Å². The lowest BCUT2D eigenvalue weighted by atomic mass is 9.87. The van der Waals surface area contributed by atoms with Crippen molar-refractivity contribution in [3.05, 3.63) is 64.7 Å². The maximum atomic E-state index is 12.7. The van der Waals surface area contributed by atoms with Crippen LogP contribution in [0.15, 0.2) is 48.5 Å². The molecule has 0 bridgehead atoms. The van der Waals surface area contributed by atoms with Crippen molar-refractivity contribution in [1.29, 1.82) is 0 Å². The first kappa shape index (κ1) is 16.6. The Morgan fingerprint density at radius 2 is 1.82 bits per heavy atom. The summed E-state index contributed by atoms with van der Waals surface area (Å²) >= 11 is 5.94. The van der Waals surface area contributed by atoms with Crippen LogP contribution < -0.4 is 5.32 Å². The molecule has 0 saturated carbocycles. The molecule has 116 valence electrons. The van der Waals surface area contributed by atoms with Gasteiger partial charge in [-0.25, -0.2) is 0 Å². The van der Waals surface area contributed by atoms with E-state index in [9.17, 15) is 4.79 Å². The highest BCUT2D eigenvalue weighted by atomic mass is 35.5. The predicted molar refractivity (Wildman–Crippen MR) is 93.5 cm³/mol. The van der Waals surface area contributed by atoms with Crippen LogP contribution in [0.25, 0.3) is 0 Å². The van der Waals surface area contributed by atoms with E-state index in [1.807, 2.05) is 42.5 Å². The van der Waals surface area contributed by atoms with Gasteiger partial charge in [0.1, 0.15) is 0 Å². The number of rotatable bonds is 5. The van der Waals surface area contributed by atoms with Crippen LogP contribution in [0.1, 0.15) is 37.8 Å². The number of carbonyl (C=O) groups excluding carboxylic acids is 1. The Hall–Kier alpha value is -1.80. The van der Waals surface area contributed by atoms with E-state index in [0.717, 1.165) is 17.7 Å². The van der Waals surface area contributed by atoms with Gasteiger partial charge in [0.05, 0.1) is 5.92 Å². The largest absolute Gasteiger partial charge is 0.326 e. The van der Waals surface area contributed by atoms with Gasteiger partial charge in [-0.05, 0) is 47.7 Å². The number of aryl methyl sites for hydroxylation is 1. The number of amides is 1. The van der Waals surface area contributed by atoms with Crippen LogP contribution >= 0.6 is 11.6 Å². The van der Waals surface area contributed by atoms with E-state index in [1.54, 1.807) is 0 Å². The monoisotopic (exact) mass is 315 g/mol. The molecule has 2 aromatic rings. The lowest BCUT2D eigenvalue weighted by Crippen LogP contribution is -2.25. The van der Waals surface area contributed by atoms with E-state index in [2.05, 4.69) is 32.2 Å². The molecule has 0 aromatic heterocycles. The summed E-state index contributed by atoms with van der Waals surface area (Å²) in [6, 6.07) is 15.5. The van der Waals surface area contributed by atoms with Gasteiger partial charge in [-0.15, -0.1) is 0 Å². The maximum absolute atomic E-state index is 12.7. The Balaban J connectivity index is 2.21. The molecule has 1 atom stereocenters. The first-order valence-corrected chi connectivity index (χ1v) is 8.04. The van der Waals surface area contributed by atoms with Crippen molar-refractivity contribution in [2.45, 2.75) is 33.1 Å². The number of nitrogens with one attached hydrogen (secondary N) is 1. The van der Waals surface area contributed by atoms with Crippen molar-refractivity contribution in [3.63, 3.8) is 0 Å². The van der Waals surface area contributed by atoms with Crippen molar-refractivity contribution in [2.24, 2.45) is 5.92 Å². The SMILES string of the molecule is CCc1cccc(NC(=O)[C@@H](c2ccc(Cl)cc2)C(C)C)c1. The van der Waals surface area contributed by atoms with Crippen LogP contribution in [-0.4, -0.2) is 5.91 Å². The topological polar surface area (TPSA) is 29.1 Å². The van der Waals surface area contributed by atoms with Crippen molar-refractivity contribution in [1.82, 2.24) is 0 Å². The molecule has 0 aliphatic carbocycles. The van der Waals surface area contributed by atoms with E-state index < -0.39 is 0 Å². The highest BCUT2D eigenvalue weighted by Gasteiger charge is 2.24. The maximum Gasteiger partial charge on any atom is 0.232 e. The summed E-state index contributed by atoms with van der Waals surface area (Å²) in [6.45, 7) is 6.22. The second-order valence-electron chi connectivity index (χ2n) is 5.82. The fourth-order valence-electron chi connectivity index (χ4n) is 2.60. The Morgan fingerprint density at radius 3 is 2.41 bits per heavy atom. The minimum Gasteiger partial charge on any atom is -0.326 e. The third kappa shape index (κ3) is 4.11. The molecule has 0 saturated heterocycles. The zero-order valence-electron chi connectivity index (χ0n) is 13.3. The summed E-state index contributed by atoms with van der Waals surface area (Å²) < 4.78 is 0. The summed E-state index contributed by atoms with van der Waals surface area (Å²) in [4.78, 5) is 12.7. The van der Waals surface area contributed by atoms with Gasteiger partial charge in [-0.3, -0.25) is 4.79 Å². The molecule has 0 fully saturated rings. The van der Waals surface area contributed by atoms with Gasteiger partial charge < -0.3 is 5.32 Å². The normalized spacial score (nSPS) is 12.2. The molecule has 1 N–H and O–H groups in total. The summed E-state index contributed by atoms with van der Waals surface area (Å²) in [6.07, 6.45) is 0.953. The van der Waals surface area contributed by atoms with Gasteiger partial charge in [-0.2, -0.15) is 0 Å². The van der Waals surface area contributed by atoms with Gasteiger partial charge in [0.25, 0.3) is 0 Å². The number of benzene rings is 2. The van der Waals surface area contributed by atoms with Crippen molar-refractivity contribution in [3.8, 4) is 0 Å². The van der Waals surface area contributed by atoms with Crippen LogP contribution in [-0.2, 0) is 11.2 Å². The molecular formula is C19H22ClNO. The smallest absolute Gasteiger partial charge is 0.232 e. The standard InChI is InChI=1S/C19H22ClNO/c1-4-14-6-5-7-17(12-14)21-19(22)18(13(2)3)15-8-10-16(20)11-9-15/h5-13,18H,4H2,1-3H3,(H,21,22)/t18-/m1/s1. The molecule has 2 rings (SSSR count). The molecular weight excluding hydrogens is 294 g/mol. The van der Waals surface area contributed by atoms with Crippen LogP contribution in [0.4, 0.5) is 5.69 Å². The van der Waals surface area contributed by atoms with Gasteiger partial charge in [0.2, 0.25) is 5.91 Å². The fraction of sp³-hybridized carbons (Fsp3) is 0.316. The quantitative estimate of drug-likeness (QED) is 0.799. The van der Waals surface area contributed by atoms with Crippen LogP contribution in [0.5, 0.6) is 0 Å². The van der Waals surface area contributed by atoms with Gasteiger partial charge in [0, 0.05) is 10.7 Å². The van der Waals surface area contributed by atoms with E-state index in [-0.39, 0.29) is 17.7 Å². The zero-order chi connectivity index (χ0) is 16.1. The summed E-state index contributed by atoms with van der Waals surface area (Å²) in [7, 11) is 0. The van der Waals surface area contributed by atoms with Gasteiger partial charge in [-0.1, -0.05) is 56.6 Å². The van der Waals surface area contributed by atoms with Crippen LogP contribution in [0.2, 0.25) is 5.02 Å². The predicted octanol–water partition coefficient (Wildman–Crippen LogP) is 5.28. The first-order chi connectivity index (χ1) is 10.5.